The normalized spacial score (nSPS) is 9.81. The number of aromatic nitrogens is 2. The van der Waals surface area contributed by atoms with Crippen molar-refractivity contribution in [2.24, 2.45) is 5.73 Å². The van der Waals surface area contributed by atoms with Crippen molar-refractivity contribution >= 4 is 17.5 Å². The predicted octanol–water partition coefficient (Wildman–Crippen LogP) is 1.28. The lowest BCUT2D eigenvalue weighted by Gasteiger charge is -2.06. The van der Waals surface area contributed by atoms with Crippen LogP contribution in [0.25, 0.3) is 0 Å². The summed E-state index contributed by atoms with van der Waals surface area (Å²) in [6.45, 7) is 1.45. The summed E-state index contributed by atoms with van der Waals surface area (Å²) in [5.74, 6) is 5.41. The van der Waals surface area contributed by atoms with E-state index in [4.69, 9.17) is 17.3 Å². The molecule has 108 valence electrons. The molecule has 0 aliphatic carbocycles. The monoisotopic (exact) mass is 302 g/mol. The average Bonchev–Trinajstić information content (AvgIpc) is 2.99. The first kappa shape index (κ1) is 15.1. The summed E-state index contributed by atoms with van der Waals surface area (Å²) in [7, 11) is 0. The summed E-state index contributed by atoms with van der Waals surface area (Å²) in [6.07, 6.45) is 5.24. The minimum atomic E-state index is -0.171. The fourth-order valence-electron chi connectivity index (χ4n) is 1.72. The Balaban J connectivity index is 1.94. The fraction of sp³-hybridized carbons (Fsp3) is 0.200. The second-order valence-corrected chi connectivity index (χ2v) is 4.66. The van der Waals surface area contributed by atoms with Crippen LogP contribution in [-0.2, 0) is 6.54 Å². The Morgan fingerprint density at radius 2 is 2.33 bits per heavy atom. The molecule has 0 fully saturated rings. The number of hydrogen-bond donors (Lipinski definition) is 2. The van der Waals surface area contributed by atoms with Crippen LogP contribution in [0.15, 0.2) is 36.9 Å². The summed E-state index contributed by atoms with van der Waals surface area (Å²) in [5.41, 5.74) is 6.48. The highest BCUT2D eigenvalue weighted by Crippen LogP contribution is 2.16. The number of hydrogen-bond acceptors (Lipinski definition) is 3. The third-order valence-electron chi connectivity index (χ3n) is 2.77. The lowest BCUT2D eigenvalue weighted by atomic mass is 10.1. The Hall–Kier alpha value is -2.29. The lowest BCUT2D eigenvalue weighted by molar-refractivity contribution is 0.0952. The Morgan fingerprint density at radius 3 is 3.00 bits per heavy atom. The zero-order valence-corrected chi connectivity index (χ0v) is 12.1. The van der Waals surface area contributed by atoms with Crippen LogP contribution in [0.3, 0.4) is 0 Å². The average molecular weight is 303 g/mol. The van der Waals surface area contributed by atoms with E-state index in [1.165, 1.54) is 0 Å². The largest absolute Gasteiger partial charge is 0.350 e. The summed E-state index contributed by atoms with van der Waals surface area (Å²) in [5, 5.41) is 3.27. The maximum atomic E-state index is 12.0. The molecule has 6 heteroatoms. The van der Waals surface area contributed by atoms with Crippen LogP contribution in [-0.4, -0.2) is 28.5 Å². The molecule has 0 bridgehead atoms. The van der Waals surface area contributed by atoms with E-state index in [9.17, 15) is 4.79 Å². The first-order valence-electron chi connectivity index (χ1n) is 6.43. The minimum absolute atomic E-state index is 0.171. The third-order valence-corrected chi connectivity index (χ3v) is 3.08. The molecular weight excluding hydrogens is 288 g/mol. The standard InChI is InChI=1S/C15H15ClN4O/c16-14-10-13(4-3-12(14)2-1-5-17)15(21)19-7-9-20-8-6-18-11-20/h3-4,6,8,10-11H,5,7,9,17H2,(H,19,21). The SMILES string of the molecule is NCC#Cc1ccc(C(=O)NCCn2ccnc2)cc1Cl. The predicted molar refractivity (Wildman–Crippen MR) is 81.9 cm³/mol. The van der Waals surface area contributed by atoms with Crippen molar-refractivity contribution in [3.8, 4) is 11.8 Å². The summed E-state index contributed by atoms with van der Waals surface area (Å²) in [4.78, 5) is 15.9. The van der Waals surface area contributed by atoms with Crippen molar-refractivity contribution in [2.75, 3.05) is 13.1 Å². The number of amides is 1. The number of halogens is 1. The van der Waals surface area contributed by atoms with Crippen LogP contribution in [0, 0.1) is 11.8 Å². The summed E-state index contributed by atoms with van der Waals surface area (Å²) >= 11 is 6.09. The molecule has 0 unspecified atom stereocenters. The summed E-state index contributed by atoms with van der Waals surface area (Å²) in [6, 6.07) is 5.02. The van der Waals surface area contributed by atoms with Gasteiger partial charge in [0.2, 0.25) is 0 Å². The lowest BCUT2D eigenvalue weighted by Crippen LogP contribution is -2.27. The molecule has 1 aromatic heterocycles. The van der Waals surface area contributed by atoms with Gasteiger partial charge in [-0.05, 0) is 18.2 Å². The fourth-order valence-corrected chi connectivity index (χ4v) is 1.95. The van der Waals surface area contributed by atoms with Gasteiger partial charge in [0.25, 0.3) is 5.91 Å². The van der Waals surface area contributed by atoms with Crippen LogP contribution in [0.2, 0.25) is 5.02 Å². The Morgan fingerprint density at radius 1 is 1.48 bits per heavy atom. The number of carbonyl (C=O) groups is 1. The van der Waals surface area contributed by atoms with Gasteiger partial charge in [0.05, 0.1) is 17.9 Å². The maximum absolute atomic E-state index is 12.0. The van der Waals surface area contributed by atoms with E-state index in [0.717, 1.165) is 0 Å². The first-order valence-corrected chi connectivity index (χ1v) is 6.81. The number of nitrogens with one attached hydrogen (secondary N) is 1. The van der Waals surface area contributed by atoms with Crippen LogP contribution in [0.4, 0.5) is 0 Å². The van der Waals surface area contributed by atoms with Gasteiger partial charge in [-0.1, -0.05) is 23.4 Å². The molecule has 0 saturated carbocycles. The molecule has 2 aromatic rings. The van der Waals surface area contributed by atoms with E-state index >= 15 is 0 Å². The molecule has 0 saturated heterocycles. The van der Waals surface area contributed by atoms with Crippen LogP contribution in [0.5, 0.6) is 0 Å². The Labute approximate surface area is 128 Å². The number of benzene rings is 1. The minimum Gasteiger partial charge on any atom is -0.350 e. The van der Waals surface area contributed by atoms with Gasteiger partial charge >= 0.3 is 0 Å². The number of imidazole rings is 1. The molecule has 1 aromatic carbocycles. The molecule has 2 rings (SSSR count). The molecular formula is C15H15ClN4O. The van der Waals surface area contributed by atoms with Crippen LogP contribution in [0.1, 0.15) is 15.9 Å². The van der Waals surface area contributed by atoms with Crippen molar-refractivity contribution in [2.45, 2.75) is 6.54 Å². The number of nitrogens with zero attached hydrogens (tertiary/aromatic N) is 2. The van der Waals surface area contributed by atoms with Gasteiger partial charge in [0, 0.05) is 36.6 Å². The van der Waals surface area contributed by atoms with Crippen LogP contribution < -0.4 is 11.1 Å². The topological polar surface area (TPSA) is 72.9 Å². The number of rotatable bonds is 4. The summed E-state index contributed by atoms with van der Waals surface area (Å²) < 4.78 is 1.89. The third kappa shape index (κ3) is 4.35. The van der Waals surface area contributed by atoms with Gasteiger partial charge in [-0.2, -0.15) is 0 Å². The van der Waals surface area contributed by atoms with Gasteiger partial charge in [-0.3, -0.25) is 4.79 Å². The zero-order chi connectivity index (χ0) is 15.1. The van der Waals surface area contributed by atoms with Gasteiger partial charge in [0.1, 0.15) is 0 Å². The van der Waals surface area contributed by atoms with Crippen molar-refractivity contribution in [3.05, 3.63) is 53.1 Å². The molecule has 5 nitrogen and oxygen atoms in total. The Kier molecular flexibility index (Phi) is 5.38. The number of carbonyl (C=O) groups excluding carboxylic acids is 1. The van der Waals surface area contributed by atoms with Crippen molar-refractivity contribution in [1.29, 1.82) is 0 Å². The smallest absolute Gasteiger partial charge is 0.251 e. The van der Waals surface area contributed by atoms with E-state index in [1.807, 2.05) is 10.8 Å². The molecule has 0 spiro atoms. The van der Waals surface area contributed by atoms with Crippen molar-refractivity contribution in [3.63, 3.8) is 0 Å². The highest BCUT2D eigenvalue weighted by atomic mass is 35.5. The molecule has 0 aliphatic rings. The molecule has 0 atom stereocenters. The molecule has 0 aliphatic heterocycles. The van der Waals surface area contributed by atoms with Gasteiger partial charge in [0.15, 0.2) is 0 Å². The highest BCUT2D eigenvalue weighted by molar-refractivity contribution is 6.32. The van der Waals surface area contributed by atoms with Gasteiger partial charge < -0.3 is 15.6 Å². The van der Waals surface area contributed by atoms with E-state index in [-0.39, 0.29) is 12.5 Å². The maximum Gasteiger partial charge on any atom is 0.251 e. The first-order chi connectivity index (χ1) is 10.2. The zero-order valence-electron chi connectivity index (χ0n) is 11.3. The van der Waals surface area contributed by atoms with E-state index in [0.29, 0.717) is 29.2 Å². The molecule has 0 radical (unpaired) electrons. The van der Waals surface area contributed by atoms with Crippen LogP contribution >= 0.6 is 11.6 Å². The van der Waals surface area contributed by atoms with E-state index in [1.54, 1.807) is 30.7 Å². The molecule has 21 heavy (non-hydrogen) atoms. The van der Waals surface area contributed by atoms with Crippen molar-refractivity contribution < 1.29 is 4.79 Å². The highest BCUT2D eigenvalue weighted by Gasteiger charge is 2.07. The Bertz CT molecular complexity index is 671. The molecule has 1 heterocycles. The second-order valence-electron chi connectivity index (χ2n) is 4.26. The van der Waals surface area contributed by atoms with E-state index in [2.05, 4.69) is 22.1 Å². The number of nitrogens with two attached hydrogens (primary N) is 1. The van der Waals surface area contributed by atoms with Gasteiger partial charge in [-0.25, -0.2) is 4.98 Å². The van der Waals surface area contributed by atoms with Gasteiger partial charge in [-0.15, -0.1) is 0 Å². The second kappa shape index (κ2) is 7.48. The quantitative estimate of drug-likeness (QED) is 0.836. The van der Waals surface area contributed by atoms with E-state index < -0.39 is 0 Å². The molecule has 3 N–H and O–H groups in total. The van der Waals surface area contributed by atoms with Crippen molar-refractivity contribution in [1.82, 2.24) is 14.9 Å². The molecule has 1 amide bonds.